The largest absolute Gasteiger partial charge is 0.497 e. The molecule has 5 aromatic rings. The molecule has 0 aliphatic carbocycles. The Hall–Kier alpha value is -4.24. The fourth-order valence-corrected chi connectivity index (χ4v) is 4.20. The summed E-state index contributed by atoms with van der Waals surface area (Å²) in [5.41, 5.74) is 2.43. The van der Waals surface area contributed by atoms with Crippen molar-refractivity contribution in [2.75, 3.05) is 12.4 Å². The number of benzene rings is 2. The van der Waals surface area contributed by atoms with Crippen LogP contribution in [0.2, 0.25) is 0 Å². The van der Waals surface area contributed by atoms with Crippen LogP contribution in [-0.2, 0) is 0 Å². The Bertz CT molecular complexity index is 1550. The van der Waals surface area contributed by atoms with E-state index in [1.54, 1.807) is 42.1 Å². The zero-order chi connectivity index (χ0) is 22.9. The number of aromatic nitrogens is 3. The number of carbonyl (C=O) groups excluding carboxylic acids is 1. The van der Waals surface area contributed by atoms with E-state index >= 15 is 0 Å². The molecule has 0 fully saturated rings. The molecule has 0 saturated carbocycles. The number of rotatable bonds is 5. The number of amides is 1. The maximum Gasteiger partial charge on any atom is 0.292 e. The van der Waals surface area contributed by atoms with Gasteiger partial charge >= 0.3 is 0 Å². The molecule has 0 saturated heterocycles. The van der Waals surface area contributed by atoms with E-state index in [9.17, 15) is 9.59 Å². The molecule has 3 heterocycles. The molecule has 0 atom stereocenters. The zero-order valence-electron chi connectivity index (χ0n) is 17.7. The van der Waals surface area contributed by atoms with Crippen LogP contribution in [0.5, 0.6) is 5.75 Å². The van der Waals surface area contributed by atoms with Crippen LogP contribution < -0.4 is 15.5 Å². The van der Waals surface area contributed by atoms with E-state index in [0.29, 0.717) is 27.6 Å². The molecular weight excluding hydrogens is 440 g/mol. The monoisotopic (exact) mass is 458 g/mol. The molecule has 0 aliphatic heterocycles. The summed E-state index contributed by atoms with van der Waals surface area (Å²) in [4.78, 5) is 29.9. The first-order valence-electron chi connectivity index (χ1n) is 10.0. The van der Waals surface area contributed by atoms with Crippen molar-refractivity contribution in [3.05, 3.63) is 87.7 Å². The van der Waals surface area contributed by atoms with Crippen molar-refractivity contribution in [3.8, 4) is 22.1 Å². The highest BCUT2D eigenvalue weighted by Crippen LogP contribution is 2.28. The number of fused-ring (bicyclic) bond motifs is 1. The fourth-order valence-electron chi connectivity index (χ4n) is 3.40. The Labute approximate surface area is 192 Å². The van der Waals surface area contributed by atoms with Crippen molar-refractivity contribution in [1.29, 1.82) is 0 Å². The van der Waals surface area contributed by atoms with E-state index in [1.165, 1.54) is 17.4 Å². The minimum absolute atomic E-state index is 0.0830. The summed E-state index contributed by atoms with van der Waals surface area (Å²) in [6.07, 6.45) is 0. The third-order valence-corrected chi connectivity index (χ3v) is 5.79. The quantitative estimate of drug-likeness (QED) is 0.411. The standard InChI is InChI=1S/C24H18N4O4S/c1-14-10-22(26-23(30)21-12-19(29)17-8-3-4-9-20(17)32-21)28(27-14)24-25-18(13-33-24)15-6-5-7-16(11-15)31-2/h3-13H,1-2H3,(H,26,30). The molecule has 33 heavy (non-hydrogen) atoms. The number of anilines is 1. The average molecular weight is 458 g/mol. The lowest BCUT2D eigenvalue weighted by molar-refractivity contribution is 0.0996. The fraction of sp³-hybridized carbons (Fsp3) is 0.0833. The predicted molar refractivity (Wildman–Crippen MR) is 126 cm³/mol. The molecule has 1 amide bonds. The summed E-state index contributed by atoms with van der Waals surface area (Å²) >= 11 is 1.39. The molecule has 0 unspecified atom stereocenters. The maximum atomic E-state index is 12.9. The number of nitrogens with zero attached hydrogens (tertiary/aromatic N) is 3. The number of hydrogen-bond acceptors (Lipinski definition) is 7. The molecule has 3 aromatic heterocycles. The van der Waals surface area contributed by atoms with Crippen LogP contribution in [0.25, 0.3) is 27.4 Å². The zero-order valence-corrected chi connectivity index (χ0v) is 18.6. The van der Waals surface area contributed by atoms with Gasteiger partial charge in [-0.05, 0) is 31.2 Å². The van der Waals surface area contributed by atoms with Crippen molar-refractivity contribution in [1.82, 2.24) is 14.8 Å². The van der Waals surface area contributed by atoms with Crippen molar-refractivity contribution in [2.45, 2.75) is 6.92 Å². The van der Waals surface area contributed by atoms with Crippen LogP contribution in [-0.4, -0.2) is 27.8 Å². The number of methoxy groups -OCH3 is 1. The van der Waals surface area contributed by atoms with Crippen LogP contribution in [0.4, 0.5) is 5.82 Å². The summed E-state index contributed by atoms with van der Waals surface area (Å²) in [5, 5.41) is 10.2. The number of carbonyl (C=O) groups is 1. The van der Waals surface area contributed by atoms with Crippen LogP contribution in [0.1, 0.15) is 16.2 Å². The van der Waals surface area contributed by atoms with E-state index in [-0.39, 0.29) is 11.2 Å². The van der Waals surface area contributed by atoms with Gasteiger partial charge in [0.2, 0.25) is 5.13 Å². The van der Waals surface area contributed by atoms with Crippen molar-refractivity contribution >= 4 is 34.0 Å². The number of nitrogens with one attached hydrogen (secondary N) is 1. The predicted octanol–water partition coefficient (Wildman–Crippen LogP) is 4.67. The lowest BCUT2D eigenvalue weighted by Crippen LogP contribution is -2.17. The molecule has 5 rings (SSSR count). The van der Waals surface area contributed by atoms with Crippen molar-refractivity contribution in [3.63, 3.8) is 0 Å². The Morgan fingerprint density at radius 1 is 1.12 bits per heavy atom. The van der Waals surface area contributed by atoms with Gasteiger partial charge in [-0.2, -0.15) is 9.78 Å². The van der Waals surface area contributed by atoms with Gasteiger partial charge in [0.15, 0.2) is 11.2 Å². The van der Waals surface area contributed by atoms with Gasteiger partial charge in [-0.15, -0.1) is 11.3 Å². The third-order valence-electron chi connectivity index (χ3n) is 4.97. The van der Waals surface area contributed by atoms with Crippen LogP contribution in [0.15, 0.2) is 75.3 Å². The van der Waals surface area contributed by atoms with Gasteiger partial charge < -0.3 is 14.5 Å². The van der Waals surface area contributed by atoms with Gasteiger partial charge in [-0.1, -0.05) is 24.3 Å². The molecule has 9 heteroatoms. The molecule has 1 N–H and O–H groups in total. The number of aryl methyl sites for hydroxylation is 1. The summed E-state index contributed by atoms with van der Waals surface area (Å²) in [6, 6.07) is 17.3. The van der Waals surface area contributed by atoms with Crippen molar-refractivity contribution in [2.24, 2.45) is 0 Å². The summed E-state index contributed by atoms with van der Waals surface area (Å²) in [6.45, 7) is 1.82. The highest BCUT2D eigenvalue weighted by atomic mass is 32.1. The SMILES string of the molecule is COc1cccc(-c2csc(-n3nc(C)cc3NC(=O)c3cc(=O)c4ccccc4o3)n2)c1. The second-order valence-corrected chi connectivity index (χ2v) is 8.09. The van der Waals surface area contributed by atoms with Gasteiger partial charge in [-0.25, -0.2) is 4.98 Å². The van der Waals surface area contributed by atoms with Gasteiger partial charge in [0.05, 0.1) is 23.9 Å². The molecule has 0 bridgehead atoms. The van der Waals surface area contributed by atoms with E-state index in [2.05, 4.69) is 15.4 Å². The first-order valence-corrected chi connectivity index (χ1v) is 10.9. The average Bonchev–Trinajstić information content (AvgIpc) is 3.45. The van der Waals surface area contributed by atoms with E-state index < -0.39 is 5.91 Å². The van der Waals surface area contributed by atoms with Gasteiger partial charge in [0.25, 0.3) is 5.91 Å². The highest BCUT2D eigenvalue weighted by Gasteiger charge is 2.18. The Balaban J connectivity index is 1.46. The molecule has 2 aromatic carbocycles. The lowest BCUT2D eigenvalue weighted by atomic mass is 10.2. The third kappa shape index (κ3) is 4.01. The van der Waals surface area contributed by atoms with E-state index in [1.807, 2.05) is 36.6 Å². The lowest BCUT2D eigenvalue weighted by Gasteiger charge is -2.07. The van der Waals surface area contributed by atoms with Gasteiger partial charge in [0.1, 0.15) is 17.2 Å². The number of thiazole rings is 1. The Morgan fingerprint density at radius 3 is 2.82 bits per heavy atom. The normalized spacial score (nSPS) is 11.0. The summed E-state index contributed by atoms with van der Waals surface area (Å²) in [7, 11) is 1.62. The first-order chi connectivity index (χ1) is 16.0. The molecule has 8 nitrogen and oxygen atoms in total. The van der Waals surface area contributed by atoms with Crippen molar-refractivity contribution < 1.29 is 13.9 Å². The summed E-state index contributed by atoms with van der Waals surface area (Å²) < 4.78 is 12.5. The first kappa shape index (κ1) is 20.7. The molecule has 0 radical (unpaired) electrons. The number of hydrogen-bond donors (Lipinski definition) is 1. The molecule has 0 spiro atoms. The Kier molecular flexibility index (Phi) is 5.23. The second kappa shape index (κ2) is 8.36. The van der Waals surface area contributed by atoms with E-state index in [4.69, 9.17) is 9.15 Å². The van der Waals surface area contributed by atoms with E-state index in [0.717, 1.165) is 17.0 Å². The minimum Gasteiger partial charge on any atom is -0.497 e. The molecular formula is C24H18N4O4S. The highest BCUT2D eigenvalue weighted by molar-refractivity contribution is 7.12. The second-order valence-electron chi connectivity index (χ2n) is 7.26. The number of ether oxygens (including phenoxy) is 1. The number of para-hydroxylation sites is 1. The summed E-state index contributed by atoms with van der Waals surface area (Å²) in [5.74, 6) is 0.519. The molecule has 164 valence electrons. The molecule has 0 aliphatic rings. The van der Waals surface area contributed by atoms with Crippen LogP contribution in [0, 0.1) is 6.92 Å². The van der Waals surface area contributed by atoms with Gasteiger partial charge in [0, 0.05) is 23.1 Å². The maximum absolute atomic E-state index is 12.9. The van der Waals surface area contributed by atoms with Crippen LogP contribution in [0.3, 0.4) is 0 Å². The smallest absolute Gasteiger partial charge is 0.292 e. The Morgan fingerprint density at radius 2 is 1.97 bits per heavy atom. The minimum atomic E-state index is -0.552. The van der Waals surface area contributed by atoms with Gasteiger partial charge in [-0.3, -0.25) is 9.59 Å². The van der Waals surface area contributed by atoms with Crippen LogP contribution >= 0.6 is 11.3 Å². The topological polar surface area (TPSA) is 99.2 Å².